The van der Waals surface area contributed by atoms with Gasteiger partial charge in [-0.05, 0) is 47.7 Å². The molecule has 4 rings (SSSR count). The lowest BCUT2D eigenvalue weighted by Gasteiger charge is -2.19. The Morgan fingerprint density at radius 2 is 2.03 bits per heavy atom. The Bertz CT molecular complexity index is 1120. The van der Waals surface area contributed by atoms with Crippen molar-refractivity contribution in [3.05, 3.63) is 54.1 Å². The van der Waals surface area contributed by atoms with Crippen LogP contribution in [0.1, 0.15) is 12.2 Å². The van der Waals surface area contributed by atoms with E-state index in [2.05, 4.69) is 20.8 Å². The van der Waals surface area contributed by atoms with Crippen molar-refractivity contribution in [2.24, 2.45) is 5.92 Å². The maximum Gasteiger partial charge on any atom is 0.229 e. The van der Waals surface area contributed by atoms with Crippen molar-refractivity contribution in [3.8, 4) is 11.4 Å². The highest BCUT2D eigenvalue weighted by molar-refractivity contribution is 6.04. The third kappa shape index (κ3) is 3.59. The maximum absolute atomic E-state index is 14.2. The number of carbonyl (C=O) groups excluding carboxylic acids is 2. The van der Waals surface area contributed by atoms with E-state index in [9.17, 15) is 14.0 Å². The van der Waals surface area contributed by atoms with Gasteiger partial charge in [-0.15, -0.1) is 5.10 Å². The molecule has 154 valence electrons. The first-order valence-electron chi connectivity index (χ1n) is 9.27. The topological polar surface area (TPSA) is 102 Å². The van der Waals surface area contributed by atoms with Crippen LogP contribution in [0.25, 0.3) is 5.69 Å². The van der Waals surface area contributed by atoms with E-state index in [1.54, 1.807) is 30.0 Å². The lowest BCUT2D eigenvalue weighted by molar-refractivity contribution is -0.122. The van der Waals surface area contributed by atoms with Gasteiger partial charge in [0.2, 0.25) is 11.8 Å². The highest BCUT2D eigenvalue weighted by Crippen LogP contribution is 2.33. The van der Waals surface area contributed by atoms with E-state index in [1.807, 2.05) is 6.07 Å². The number of halogens is 1. The van der Waals surface area contributed by atoms with Crippen LogP contribution in [0.5, 0.6) is 5.75 Å². The molecule has 0 saturated carbocycles. The lowest BCUT2D eigenvalue weighted by Crippen LogP contribution is -2.28. The van der Waals surface area contributed by atoms with Crippen LogP contribution in [-0.4, -0.2) is 45.7 Å². The van der Waals surface area contributed by atoms with Gasteiger partial charge < -0.3 is 15.0 Å². The standard InChI is InChI=1S/C20H19FN6O3/c1-12-23-24-25-27(12)17-10-14(7-8-15(17)21)22-20(29)13-9-19(28)26(11-13)16-5-3-4-6-18(16)30-2/h3-8,10,13H,9,11H2,1-2H3,(H,22,29). The number of para-hydroxylation sites is 2. The van der Waals surface area contributed by atoms with Crippen LogP contribution < -0.4 is 15.0 Å². The van der Waals surface area contributed by atoms with Crippen LogP contribution in [-0.2, 0) is 9.59 Å². The number of carbonyl (C=O) groups is 2. The van der Waals surface area contributed by atoms with E-state index in [4.69, 9.17) is 4.74 Å². The fraction of sp³-hybridized carbons (Fsp3) is 0.250. The molecule has 0 aliphatic carbocycles. The minimum atomic E-state index is -0.550. The van der Waals surface area contributed by atoms with E-state index in [0.29, 0.717) is 22.9 Å². The number of aromatic nitrogens is 4. The molecule has 3 aromatic rings. The minimum absolute atomic E-state index is 0.0735. The number of nitrogens with zero attached hydrogens (tertiary/aromatic N) is 5. The number of methoxy groups -OCH3 is 1. The largest absolute Gasteiger partial charge is 0.495 e. The Morgan fingerprint density at radius 1 is 1.23 bits per heavy atom. The van der Waals surface area contributed by atoms with Gasteiger partial charge in [-0.3, -0.25) is 9.59 Å². The van der Waals surface area contributed by atoms with Crippen molar-refractivity contribution in [1.29, 1.82) is 0 Å². The van der Waals surface area contributed by atoms with Crippen LogP contribution in [0, 0.1) is 18.7 Å². The summed E-state index contributed by atoms with van der Waals surface area (Å²) in [4.78, 5) is 26.8. The van der Waals surface area contributed by atoms with Crippen molar-refractivity contribution >= 4 is 23.2 Å². The van der Waals surface area contributed by atoms with Crippen LogP contribution in [0.3, 0.4) is 0 Å². The summed E-state index contributed by atoms with van der Waals surface area (Å²) in [5, 5.41) is 13.8. The van der Waals surface area contributed by atoms with E-state index in [1.165, 1.54) is 30.0 Å². The average Bonchev–Trinajstić information content (AvgIpc) is 3.35. The molecule has 1 aliphatic rings. The molecule has 1 saturated heterocycles. The van der Waals surface area contributed by atoms with Crippen molar-refractivity contribution in [1.82, 2.24) is 20.2 Å². The summed E-state index contributed by atoms with van der Waals surface area (Å²) in [6.07, 6.45) is 0.0735. The van der Waals surface area contributed by atoms with Crippen molar-refractivity contribution < 1.29 is 18.7 Å². The summed E-state index contributed by atoms with van der Waals surface area (Å²) in [7, 11) is 1.53. The summed E-state index contributed by atoms with van der Waals surface area (Å²) in [6, 6.07) is 11.3. The molecule has 1 unspecified atom stereocenters. The highest BCUT2D eigenvalue weighted by atomic mass is 19.1. The number of hydrogen-bond acceptors (Lipinski definition) is 6. The Morgan fingerprint density at radius 3 is 2.77 bits per heavy atom. The van der Waals surface area contributed by atoms with E-state index >= 15 is 0 Å². The molecule has 1 N–H and O–H groups in total. The first kappa shape index (κ1) is 19.5. The molecule has 1 aromatic heterocycles. The zero-order valence-electron chi connectivity index (χ0n) is 16.4. The van der Waals surface area contributed by atoms with Gasteiger partial charge in [-0.1, -0.05) is 12.1 Å². The van der Waals surface area contributed by atoms with Crippen LogP contribution in [0.15, 0.2) is 42.5 Å². The van der Waals surface area contributed by atoms with Gasteiger partial charge in [0.05, 0.1) is 18.7 Å². The number of rotatable bonds is 5. The van der Waals surface area contributed by atoms with Crippen LogP contribution in [0.4, 0.5) is 15.8 Å². The molecule has 1 aliphatic heterocycles. The SMILES string of the molecule is COc1ccccc1N1CC(C(=O)Nc2ccc(F)c(-n3nnnc3C)c2)CC1=O. The minimum Gasteiger partial charge on any atom is -0.495 e. The highest BCUT2D eigenvalue weighted by Gasteiger charge is 2.36. The molecule has 1 fully saturated rings. The van der Waals surface area contributed by atoms with Gasteiger partial charge in [-0.2, -0.15) is 4.68 Å². The number of hydrogen-bond donors (Lipinski definition) is 1. The molecule has 2 heterocycles. The predicted octanol–water partition coefficient (Wildman–Crippen LogP) is 2.11. The smallest absolute Gasteiger partial charge is 0.229 e. The number of amides is 2. The van der Waals surface area contributed by atoms with E-state index < -0.39 is 11.7 Å². The summed E-state index contributed by atoms with van der Waals surface area (Å²) in [5.41, 5.74) is 1.13. The zero-order chi connectivity index (χ0) is 21.3. The number of tetrazole rings is 1. The first-order chi connectivity index (χ1) is 14.5. The van der Waals surface area contributed by atoms with Gasteiger partial charge in [-0.25, -0.2) is 4.39 Å². The maximum atomic E-state index is 14.2. The number of nitrogens with one attached hydrogen (secondary N) is 1. The molecule has 0 bridgehead atoms. The average molecular weight is 410 g/mol. The normalized spacial score (nSPS) is 16.0. The first-order valence-corrected chi connectivity index (χ1v) is 9.27. The Balaban J connectivity index is 1.51. The number of benzene rings is 2. The van der Waals surface area contributed by atoms with Crippen molar-refractivity contribution in [2.75, 3.05) is 23.9 Å². The Labute approximate surface area is 171 Å². The van der Waals surface area contributed by atoms with Crippen molar-refractivity contribution in [2.45, 2.75) is 13.3 Å². The molecule has 2 aromatic carbocycles. The van der Waals surface area contributed by atoms with Crippen LogP contribution >= 0.6 is 0 Å². The fourth-order valence-electron chi connectivity index (χ4n) is 3.42. The van der Waals surface area contributed by atoms with E-state index in [-0.39, 0.29) is 30.5 Å². The molecular formula is C20H19FN6O3. The molecule has 0 spiro atoms. The molecule has 2 amide bonds. The molecule has 30 heavy (non-hydrogen) atoms. The Kier molecular flexibility index (Phi) is 5.13. The predicted molar refractivity (Wildman–Crippen MR) is 106 cm³/mol. The lowest BCUT2D eigenvalue weighted by atomic mass is 10.1. The number of ether oxygens (including phenoxy) is 1. The number of aryl methyl sites for hydroxylation is 1. The summed E-state index contributed by atoms with van der Waals surface area (Å²) in [6.45, 7) is 1.87. The van der Waals surface area contributed by atoms with Gasteiger partial charge in [0.25, 0.3) is 0 Å². The quantitative estimate of drug-likeness (QED) is 0.691. The molecule has 10 heteroatoms. The van der Waals surface area contributed by atoms with Gasteiger partial charge in [0.15, 0.2) is 5.82 Å². The molecule has 9 nitrogen and oxygen atoms in total. The Hall–Kier alpha value is -3.82. The second-order valence-corrected chi connectivity index (χ2v) is 6.87. The second kappa shape index (κ2) is 7.90. The number of anilines is 2. The third-order valence-corrected chi connectivity index (χ3v) is 4.94. The third-order valence-electron chi connectivity index (χ3n) is 4.94. The van der Waals surface area contributed by atoms with Crippen molar-refractivity contribution in [3.63, 3.8) is 0 Å². The second-order valence-electron chi connectivity index (χ2n) is 6.87. The van der Waals surface area contributed by atoms with Gasteiger partial charge in [0.1, 0.15) is 17.3 Å². The fourth-order valence-corrected chi connectivity index (χ4v) is 3.42. The summed E-state index contributed by atoms with van der Waals surface area (Å²) in [5.74, 6) is -0.596. The zero-order valence-corrected chi connectivity index (χ0v) is 16.4. The monoisotopic (exact) mass is 410 g/mol. The molecular weight excluding hydrogens is 391 g/mol. The summed E-state index contributed by atoms with van der Waals surface area (Å²) < 4.78 is 20.8. The summed E-state index contributed by atoms with van der Waals surface area (Å²) >= 11 is 0. The molecule has 0 radical (unpaired) electrons. The van der Waals surface area contributed by atoms with E-state index in [0.717, 1.165) is 0 Å². The van der Waals surface area contributed by atoms with Gasteiger partial charge in [0, 0.05) is 18.7 Å². The van der Waals surface area contributed by atoms with Gasteiger partial charge >= 0.3 is 0 Å². The molecule has 1 atom stereocenters. The van der Waals surface area contributed by atoms with Crippen LogP contribution in [0.2, 0.25) is 0 Å².